The Hall–Kier alpha value is -4.07. The van der Waals surface area contributed by atoms with E-state index in [0.29, 0.717) is 35.3 Å². The highest BCUT2D eigenvalue weighted by molar-refractivity contribution is 5.95. The van der Waals surface area contributed by atoms with E-state index in [1.54, 1.807) is 26.6 Å². The van der Waals surface area contributed by atoms with Gasteiger partial charge in [-0.25, -0.2) is 9.97 Å². The molecule has 36 heavy (non-hydrogen) atoms. The first-order valence-corrected chi connectivity index (χ1v) is 12.1. The van der Waals surface area contributed by atoms with E-state index in [1.807, 2.05) is 61.9 Å². The molecule has 0 bridgehead atoms. The minimum Gasteiger partial charge on any atom is -0.506 e. The van der Waals surface area contributed by atoms with Gasteiger partial charge in [0.2, 0.25) is 5.88 Å². The van der Waals surface area contributed by atoms with Gasteiger partial charge in [-0.2, -0.15) is 0 Å². The second-order valence-electron chi connectivity index (χ2n) is 8.85. The number of allylic oxidation sites excluding steroid dienone is 3. The molecule has 3 aromatic rings. The van der Waals surface area contributed by atoms with Crippen molar-refractivity contribution in [3.63, 3.8) is 0 Å². The number of aliphatic hydroxyl groups is 1. The molecule has 1 aliphatic carbocycles. The second kappa shape index (κ2) is 9.53. The number of imidazole rings is 1. The average molecular weight is 487 g/mol. The molecular formula is C28H30N4O4. The maximum atomic E-state index is 11.6. The van der Waals surface area contributed by atoms with Gasteiger partial charge in [0.25, 0.3) is 0 Å². The first-order valence-electron chi connectivity index (χ1n) is 12.1. The monoisotopic (exact) mass is 486 g/mol. The molecule has 1 unspecified atom stereocenters. The number of rotatable bonds is 8. The Balaban J connectivity index is 1.93. The molecule has 0 saturated heterocycles. The summed E-state index contributed by atoms with van der Waals surface area (Å²) in [5, 5.41) is 11.6. The van der Waals surface area contributed by atoms with Crippen molar-refractivity contribution >= 4 is 11.8 Å². The minimum absolute atomic E-state index is 0.0143. The summed E-state index contributed by atoms with van der Waals surface area (Å²) in [6, 6.07) is 11.3. The van der Waals surface area contributed by atoms with E-state index in [0.717, 1.165) is 24.8 Å². The largest absolute Gasteiger partial charge is 0.506 e. The summed E-state index contributed by atoms with van der Waals surface area (Å²) in [5.74, 6) is 1.77. The number of methoxy groups -OCH3 is 2. The minimum atomic E-state index is -0.984. The molecule has 2 aliphatic rings. The van der Waals surface area contributed by atoms with Crippen LogP contribution in [0.15, 0.2) is 78.1 Å². The van der Waals surface area contributed by atoms with Crippen LogP contribution in [0, 0.1) is 0 Å². The molecular weight excluding hydrogens is 456 g/mol. The first kappa shape index (κ1) is 23.7. The van der Waals surface area contributed by atoms with Crippen LogP contribution in [0.2, 0.25) is 0 Å². The zero-order valence-corrected chi connectivity index (χ0v) is 20.7. The van der Waals surface area contributed by atoms with Crippen LogP contribution in [0.25, 0.3) is 5.57 Å². The van der Waals surface area contributed by atoms with Crippen molar-refractivity contribution in [2.24, 2.45) is 4.99 Å². The third-order valence-electron chi connectivity index (χ3n) is 7.27. The fraction of sp³-hybridized carbons (Fsp3) is 0.321. The number of ether oxygens (including phenoxy) is 3. The molecule has 1 aliphatic heterocycles. The van der Waals surface area contributed by atoms with Crippen molar-refractivity contribution in [3.05, 3.63) is 84.4 Å². The standard InChI is InChI=1S/C28H30N4O4/c1-4-36-24-11-5-8-20(31-24)25-21(33)18-29-15-14-28(25,26-22(34-2)9-6-10-23(26)35-3)27(12-7-13-27)32-17-16-30-19-32/h5-6,8-11,14-19,33H,4,7,12-13H2,1-3H3. The summed E-state index contributed by atoms with van der Waals surface area (Å²) < 4.78 is 19.8. The summed E-state index contributed by atoms with van der Waals surface area (Å²) in [6.07, 6.45) is 13.5. The number of nitrogens with zero attached hydrogens (tertiary/aromatic N) is 4. The topological polar surface area (TPSA) is 91.0 Å². The molecule has 1 saturated carbocycles. The van der Waals surface area contributed by atoms with Crippen molar-refractivity contribution in [3.8, 4) is 17.4 Å². The van der Waals surface area contributed by atoms with Crippen molar-refractivity contribution in [2.45, 2.75) is 37.1 Å². The number of aromatic nitrogens is 3. The number of aliphatic hydroxyl groups excluding tert-OH is 1. The van der Waals surface area contributed by atoms with Gasteiger partial charge < -0.3 is 23.9 Å². The highest BCUT2D eigenvalue weighted by Gasteiger charge is 2.61. The number of hydrogen-bond acceptors (Lipinski definition) is 7. The van der Waals surface area contributed by atoms with Gasteiger partial charge in [-0.15, -0.1) is 0 Å². The molecule has 1 N–H and O–H groups in total. The predicted octanol–water partition coefficient (Wildman–Crippen LogP) is 5.08. The number of hydrogen-bond donors (Lipinski definition) is 1. The zero-order valence-electron chi connectivity index (χ0n) is 20.7. The quantitative estimate of drug-likeness (QED) is 0.478. The molecule has 0 spiro atoms. The smallest absolute Gasteiger partial charge is 0.213 e. The lowest BCUT2D eigenvalue weighted by molar-refractivity contribution is 0.0847. The van der Waals surface area contributed by atoms with Crippen molar-refractivity contribution in [1.29, 1.82) is 0 Å². The summed E-state index contributed by atoms with van der Waals surface area (Å²) in [5.41, 5.74) is 0.439. The van der Waals surface area contributed by atoms with Crippen LogP contribution < -0.4 is 14.2 Å². The highest BCUT2D eigenvalue weighted by atomic mass is 16.5. The molecule has 1 aromatic carbocycles. The maximum absolute atomic E-state index is 11.6. The fourth-order valence-electron chi connectivity index (χ4n) is 5.68. The second-order valence-corrected chi connectivity index (χ2v) is 8.85. The molecule has 3 heterocycles. The molecule has 1 fully saturated rings. The fourth-order valence-corrected chi connectivity index (χ4v) is 5.68. The molecule has 5 rings (SSSR count). The molecule has 0 amide bonds. The van der Waals surface area contributed by atoms with Crippen molar-refractivity contribution in [2.75, 3.05) is 20.8 Å². The molecule has 2 aromatic heterocycles. The number of aliphatic imine (C=N–C) groups is 1. The Kier molecular flexibility index (Phi) is 6.26. The Morgan fingerprint density at radius 2 is 1.81 bits per heavy atom. The van der Waals surface area contributed by atoms with Crippen LogP contribution in [0.3, 0.4) is 0 Å². The first-order chi connectivity index (χ1) is 17.6. The summed E-state index contributed by atoms with van der Waals surface area (Å²) in [6.45, 7) is 2.39. The maximum Gasteiger partial charge on any atom is 0.213 e. The van der Waals surface area contributed by atoms with Gasteiger partial charge in [-0.1, -0.05) is 12.1 Å². The normalized spacial score (nSPS) is 20.5. The zero-order chi connectivity index (χ0) is 25.2. The van der Waals surface area contributed by atoms with Crippen LogP contribution in [0.1, 0.15) is 37.4 Å². The van der Waals surface area contributed by atoms with E-state index in [1.165, 1.54) is 6.21 Å². The summed E-state index contributed by atoms with van der Waals surface area (Å²) in [4.78, 5) is 13.6. The molecule has 8 heteroatoms. The van der Waals surface area contributed by atoms with Gasteiger partial charge in [0.05, 0.1) is 55.6 Å². The van der Waals surface area contributed by atoms with E-state index < -0.39 is 11.0 Å². The lowest BCUT2D eigenvalue weighted by Crippen LogP contribution is -2.57. The van der Waals surface area contributed by atoms with Crippen molar-refractivity contribution in [1.82, 2.24) is 14.5 Å². The van der Waals surface area contributed by atoms with E-state index in [-0.39, 0.29) is 5.76 Å². The molecule has 0 radical (unpaired) electrons. The van der Waals surface area contributed by atoms with Gasteiger partial charge in [0.15, 0.2) is 0 Å². The number of pyridine rings is 1. The van der Waals surface area contributed by atoms with Crippen LogP contribution in [-0.2, 0) is 11.0 Å². The lowest BCUT2D eigenvalue weighted by Gasteiger charge is -2.56. The average Bonchev–Trinajstić information content (AvgIpc) is 3.34. The third-order valence-corrected chi connectivity index (χ3v) is 7.27. The summed E-state index contributed by atoms with van der Waals surface area (Å²) >= 11 is 0. The Labute approximate surface area is 210 Å². The van der Waals surface area contributed by atoms with Gasteiger partial charge in [0, 0.05) is 30.2 Å². The highest BCUT2D eigenvalue weighted by Crippen LogP contribution is 2.63. The lowest BCUT2D eigenvalue weighted by atomic mass is 9.52. The Morgan fingerprint density at radius 3 is 2.42 bits per heavy atom. The predicted molar refractivity (Wildman–Crippen MR) is 138 cm³/mol. The van der Waals surface area contributed by atoms with Gasteiger partial charge >= 0.3 is 0 Å². The molecule has 8 nitrogen and oxygen atoms in total. The van der Waals surface area contributed by atoms with Gasteiger partial charge in [0.1, 0.15) is 17.3 Å². The van der Waals surface area contributed by atoms with E-state index in [2.05, 4.69) is 14.5 Å². The van der Waals surface area contributed by atoms with E-state index >= 15 is 0 Å². The SMILES string of the molecule is CCOc1cccc(C2=C(O)C=NC=CC2(c2c(OC)cccc2OC)C2(n3ccnc3)CCC2)n1. The molecule has 186 valence electrons. The van der Waals surface area contributed by atoms with Crippen LogP contribution in [-0.4, -0.2) is 46.7 Å². The Bertz CT molecular complexity index is 1300. The summed E-state index contributed by atoms with van der Waals surface area (Å²) in [7, 11) is 3.29. The van der Waals surface area contributed by atoms with Crippen LogP contribution in [0.5, 0.6) is 17.4 Å². The van der Waals surface area contributed by atoms with Gasteiger partial charge in [-0.05, 0) is 50.5 Å². The molecule has 1 atom stereocenters. The van der Waals surface area contributed by atoms with E-state index in [4.69, 9.17) is 19.2 Å². The Morgan fingerprint density at radius 1 is 1.06 bits per heavy atom. The number of benzene rings is 1. The van der Waals surface area contributed by atoms with Crippen LogP contribution >= 0.6 is 0 Å². The third kappa shape index (κ3) is 3.47. The van der Waals surface area contributed by atoms with Crippen LogP contribution in [0.4, 0.5) is 0 Å². The van der Waals surface area contributed by atoms with Crippen molar-refractivity contribution < 1.29 is 19.3 Å². The van der Waals surface area contributed by atoms with Gasteiger partial charge in [-0.3, -0.25) is 4.99 Å². The van der Waals surface area contributed by atoms with E-state index in [9.17, 15) is 5.11 Å².